The van der Waals surface area contributed by atoms with E-state index in [4.69, 9.17) is 4.74 Å². The van der Waals surface area contributed by atoms with Crippen LogP contribution in [-0.4, -0.2) is 31.2 Å². The molecule has 126 valence electrons. The first kappa shape index (κ1) is 16.1. The van der Waals surface area contributed by atoms with Crippen LogP contribution < -0.4 is 9.47 Å². The third kappa shape index (κ3) is 4.15. The minimum atomic E-state index is -2.84. The number of rotatable bonds is 7. The summed E-state index contributed by atoms with van der Waals surface area (Å²) in [5, 5.41) is 0. The number of likely N-dealkylation sites (tertiary alicyclic amines) is 1. The third-order valence-corrected chi connectivity index (χ3v) is 4.55. The summed E-state index contributed by atoms with van der Waals surface area (Å²) in [6, 6.07) is 5.34. The van der Waals surface area contributed by atoms with Gasteiger partial charge >= 0.3 is 6.61 Å². The second-order valence-corrected chi connectivity index (χ2v) is 6.51. The average molecular weight is 323 g/mol. The van der Waals surface area contributed by atoms with Gasteiger partial charge in [0.25, 0.3) is 0 Å². The largest absolute Gasteiger partial charge is 0.489 e. The number of allylic oxidation sites excluding steroid dienone is 1. The van der Waals surface area contributed by atoms with E-state index in [2.05, 4.69) is 16.2 Å². The van der Waals surface area contributed by atoms with Crippen molar-refractivity contribution in [3.63, 3.8) is 0 Å². The first-order chi connectivity index (χ1) is 11.0. The highest BCUT2D eigenvalue weighted by Crippen LogP contribution is 2.37. The van der Waals surface area contributed by atoms with Gasteiger partial charge in [-0.05, 0) is 49.8 Å². The van der Waals surface area contributed by atoms with Gasteiger partial charge in [-0.25, -0.2) is 0 Å². The van der Waals surface area contributed by atoms with Crippen molar-refractivity contribution in [3.05, 3.63) is 36.0 Å². The van der Waals surface area contributed by atoms with E-state index in [0.717, 1.165) is 43.6 Å². The first-order valence-electron chi connectivity index (χ1n) is 8.15. The quantitative estimate of drug-likeness (QED) is 0.742. The van der Waals surface area contributed by atoms with Crippen molar-refractivity contribution in [1.29, 1.82) is 0 Å². The standard InChI is InChI=1S/C18H23F2NO2/c1-12(2)21-8-7-15(10-21)14-5-6-16(23-18(19)20)17(9-14)22-11-13-3-4-13/h5-6,9,13,15,18H,1,3-4,7-8,10-11H2,2H3. The molecule has 1 aliphatic heterocycles. The van der Waals surface area contributed by atoms with Crippen molar-refractivity contribution in [3.8, 4) is 11.5 Å². The van der Waals surface area contributed by atoms with E-state index in [-0.39, 0.29) is 5.75 Å². The molecule has 23 heavy (non-hydrogen) atoms. The molecule has 2 fully saturated rings. The molecule has 1 aromatic carbocycles. The minimum Gasteiger partial charge on any atom is -0.489 e. The van der Waals surface area contributed by atoms with Crippen LogP contribution in [0, 0.1) is 5.92 Å². The monoisotopic (exact) mass is 323 g/mol. The van der Waals surface area contributed by atoms with Crippen LogP contribution in [0.1, 0.15) is 37.7 Å². The number of benzene rings is 1. The predicted molar refractivity (Wildman–Crippen MR) is 85.0 cm³/mol. The number of alkyl halides is 2. The van der Waals surface area contributed by atoms with Gasteiger partial charge < -0.3 is 14.4 Å². The van der Waals surface area contributed by atoms with Gasteiger partial charge in [-0.2, -0.15) is 8.78 Å². The maximum absolute atomic E-state index is 12.6. The van der Waals surface area contributed by atoms with E-state index < -0.39 is 6.61 Å². The van der Waals surface area contributed by atoms with Crippen molar-refractivity contribution in [1.82, 2.24) is 4.90 Å². The predicted octanol–water partition coefficient (Wildman–Crippen LogP) is 4.40. The van der Waals surface area contributed by atoms with Crippen LogP contribution in [0.2, 0.25) is 0 Å². The normalized spacial score (nSPS) is 20.9. The molecule has 1 unspecified atom stereocenters. The summed E-state index contributed by atoms with van der Waals surface area (Å²) in [5.41, 5.74) is 2.18. The molecular weight excluding hydrogens is 300 g/mol. The van der Waals surface area contributed by atoms with Gasteiger partial charge in [0.2, 0.25) is 0 Å². The number of nitrogens with zero attached hydrogens (tertiary/aromatic N) is 1. The molecule has 0 radical (unpaired) electrons. The summed E-state index contributed by atoms with van der Waals surface area (Å²) in [7, 11) is 0. The Morgan fingerprint density at radius 1 is 1.30 bits per heavy atom. The molecule has 3 nitrogen and oxygen atoms in total. The van der Waals surface area contributed by atoms with Gasteiger partial charge in [0, 0.05) is 24.7 Å². The number of ether oxygens (including phenoxy) is 2. The summed E-state index contributed by atoms with van der Waals surface area (Å²) in [5.74, 6) is 1.49. The fourth-order valence-electron chi connectivity index (χ4n) is 2.96. The van der Waals surface area contributed by atoms with E-state index in [0.29, 0.717) is 24.2 Å². The Balaban J connectivity index is 1.75. The van der Waals surface area contributed by atoms with Gasteiger partial charge in [-0.3, -0.25) is 0 Å². The topological polar surface area (TPSA) is 21.7 Å². The number of hydrogen-bond acceptors (Lipinski definition) is 3. The molecule has 1 aliphatic carbocycles. The lowest BCUT2D eigenvalue weighted by atomic mass is 9.98. The van der Waals surface area contributed by atoms with Crippen LogP contribution in [0.4, 0.5) is 8.78 Å². The van der Waals surface area contributed by atoms with E-state index in [1.807, 2.05) is 19.1 Å². The van der Waals surface area contributed by atoms with Crippen LogP contribution in [0.15, 0.2) is 30.5 Å². The molecule has 1 atom stereocenters. The van der Waals surface area contributed by atoms with Crippen molar-refractivity contribution in [2.75, 3.05) is 19.7 Å². The molecule has 1 saturated heterocycles. The average Bonchev–Trinajstić information content (AvgIpc) is 3.19. The molecular formula is C18H23F2NO2. The highest BCUT2D eigenvalue weighted by atomic mass is 19.3. The first-order valence-corrected chi connectivity index (χ1v) is 8.15. The van der Waals surface area contributed by atoms with Crippen molar-refractivity contribution in [2.45, 2.75) is 38.7 Å². The second kappa shape index (κ2) is 6.77. The molecule has 1 saturated carbocycles. The summed E-state index contributed by atoms with van der Waals surface area (Å²) in [6.45, 7) is 5.61. The molecule has 0 N–H and O–H groups in total. The molecule has 1 aromatic rings. The molecule has 5 heteroatoms. The zero-order valence-corrected chi connectivity index (χ0v) is 13.4. The highest BCUT2D eigenvalue weighted by Gasteiger charge is 2.26. The number of hydrogen-bond donors (Lipinski definition) is 0. The highest BCUT2D eigenvalue weighted by molar-refractivity contribution is 5.44. The van der Waals surface area contributed by atoms with Crippen LogP contribution in [-0.2, 0) is 0 Å². The van der Waals surface area contributed by atoms with Crippen molar-refractivity contribution >= 4 is 0 Å². The maximum Gasteiger partial charge on any atom is 0.387 e. The van der Waals surface area contributed by atoms with Crippen LogP contribution in [0.3, 0.4) is 0 Å². The van der Waals surface area contributed by atoms with Gasteiger partial charge in [0.1, 0.15) is 0 Å². The zero-order chi connectivity index (χ0) is 16.4. The van der Waals surface area contributed by atoms with Gasteiger partial charge in [0.15, 0.2) is 11.5 Å². The summed E-state index contributed by atoms with van der Waals surface area (Å²) in [6.07, 6.45) is 3.34. The van der Waals surface area contributed by atoms with Gasteiger partial charge in [-0.15, -0.1) is 0 Å². The Labute approximate surface area is 135 Å². The molecule has 1 heterocycles. The lowest BCUT2D eigenvalue weighted by Gasteiger charge is -2.19. The SMILES string of the molecule is C=C(C)N1CCC(c2ccc(OC(F)F)c(OCC3CC3)c2)C1. The summed E-state index contributed by atoms with van der Waals surface area (Å²) < 4.78 is 35.5. The lowest BCUT2D eigenvalue weighted by molar-refractivity contribution is -0.0515. The maximum atomic E-state index is 12.6. The summed E-state index contributed by atoms with van der Waals surface area (Å²) in [4.78, 5) is 2.25. The van der Waals surface area contributed by atoms with Crippen molar-refractivity contribution < 1.29 is 18.3 Å². The van der Waals surface area contributed by atoms with Gasteiger partial charge in [-0.1, -0.05) is 12.6 Å². The molecule has 0 aromatic heterocycles. The fourth-order valence-corrected chi connectivity index (χ4v) is 2.96. The molecule has 2 aliphatic rings. The van der Waals surface area contributed by atoms with Crippen LogP contribution in [0.25, 0.3) is 0 Å². The molecule has 3 rings (SSSR count). The van der Waals surface area contributed by atoms with E-state index >= 15 is 0 Å². The Hall–Kier alpha value is -1.78. The number of halogens is 2. The molecule has 0 bridgehead atoms. The summed E-state index contributed by atoms with van der Waals surface area (Å²) >= 11 is 0. The zero-order valence-electron chi connectivity index (χ0n) is 13.4. The Bertz CT molecular complexity index is 572. The minimum absolute atomic E-state index is 0.124. The Morgan fingerprint density at radius 3 is 2.70 bits per heavy atom. The lowest BCUT2D eigenvalue weighted by Crippen LogP contribution is -2.17. The van der Waals surface area contributed by atoms with Crippen LogP contribution in [0.5, 0.6) is 11.5 Å². The fraction of sp³-hybridized carbons (Fsp3) is 0.556. The van der Waals surface area contributed by atoms with Crippen LogP contribution >= 0.6 is 0 Å². The van der Waals surface area contributed by atoms with E-state index in [9.17, 15) is 8.78 Å². The van der Waals surface area contributed by atoms with E-state index in [1.165, 1.54) is 0 Å². The van der Waals surface area contributed by atoms with Crippen molar-refractivity contribution in [2.24, 2.45) is 5.92 Å². The van der Waals surface area contributed by atoms with E-state index in [1.54, 1.807) is 6.07 Å². The second-order valence-electron chi connectivity index (χ2n) is 6.51. The smallest absolute Gasteiger partial charge is 0.387 e. The Morgan fingerprint density at radius 2 is 2.09 bits per heavy atom. The third-order valence-electron chi connectivity index (χ3n) is 4.55. The van der Waals surface area contributed by atoms with Gasteiger partial charge in [0.05, 0.1) is 6.61 Å². The molecule has 0 spiro atoms. The Kier molecular flexibility index (Phi) is 4.74. The molecule has 0 amide bonds.